The lowest BCUT2D eigenvalue weighted by molar-refractivity contribution is 0.0562. The van der Waals surface area contributed by atoms with E-state index in [4.69, 9.17) is 0 Å². The zero-order chi connectivity index (χ0) is 17.8. The van der Waals surface area contributed by atoms with Gasteiger partial charge in [0.15, 0.2) is 0 Å². The normalized spacial score (nSPS) is 26.5. The van der Waals surface area contributed by atoms with Crippen molar-refractivity contribution in [3.8, 4) is 17.2 Å². The smallest absolute Gasteiger partial charge is 0.0998 e. The number of aliphatic hydroxyl groups is 1. The molecular formula is C22H24N2O. The second kappa shape index (κ2) is 7.63. The number of nitrogens with zero attached hydrogens (tertiary/aromatic N) is 2. The maximum absolute atomic E-state index is 10.0. The van der Waals surface area contributed by atoms with Crippen LogP contribution in [-0.4, -0.2) is 16.2 Å². The number of aliphatic hydroxyl groups excluding tert-OH is 1. The van der Waals surface area contributed by atoms with Gasteiger partial charge < -0.3 is 5.11 Å². The summed E-state index contributed by atoms with van der Waals surface area (Å²) in [6.45, 7) is 4.48. The third-order valence-corrected chi connectivity index (χ3v) is 5.42. The maximum atomic E-state index is 10.0. The number of benzene rings is 1. The highest BCUT2D eigenvalue weighted by molar-refractivity contribution is 5.70. The van der Waals surface area contributed by atoms with Crippen LogP contribution in [0.3, 0.4) is 0 Å². The Hall–Kier alpha value is -2.44. The molecule has 3 heteroatoms. The second-order valence-electron chi connectivity index (χ2n) is 7.11. The number of allylic oxidation sites excluding steroid dienone is 1. The molecule has 1 N–H and O–H groups in total. The Kier molecular flexibility index (Phi) is 5.31. The highest BCUT2D eigenvalue weighted by atomic mass is 16.3. The zero-order valence-corrected chi connectivity index (χ0v) is 14.8. The zero-order valence-electron chi connectivity index (χ0n) is 14.8. The van der Waals surface area contributed by atoms with Crippen molar-refractivity contribution >= 4 is 6.08 Å². The van der Waals surface area contributed by atoms with E-state index in [1.807, 2.05) is 48.7 Å². The number of hydrogen-bond donors (Lipinski definition) is 1. The van der Waals surface area contributed by atoms with E-state index in [1.165, 1.54) is 0 Å². The summed E-state index contributed by atoms with van der Waals surface area (Å²) in [6, 6.07) is 13.8. The van der Waals surface area contributed by atoms with Crippen LogP contribution in [0, 0.1) is 29.1 Å². The minimum Gasteiger partial charge on any atom is -0.393 e. The van der Waals surface area contributed by atoms with Gasteiger partial charge in [-0.25, -0.2) is 0 Å². The monoisotopic (exact) mass is 332 g/mol. The lowest BCUT2D eigenvalue weighted by Gasteiger charge is -2.35. The van der Waals surface area contributed by atoms with Crippen molar-refractivity contribution in [2.45, 2.75) is 32.8 Å². The molecule has 0 amide bonds. The van der Waals surface area contributed by atoms with Crippen LogP contribution in [-0.2, 0) is 0 Å². The minimum absolute atomic E-state index is 0.196. The summed E-state index contributed by atoms with van der Waals surface area (Å²) in [7, 11) is 0. The summed E-state index contributed by atoms with van der Waals surface area (Å²) >= 11 is 0. The van der Waals surface area contributed by atoms with E-state index in [1.54, 1.807) is 0 Å². The molecule has 128 valence electrons. The van der Waals surface area contributed by atoms with Gasteiger partial charge in [-0.05, 0) is 48.8 Å². The fraction of sp³-hybridized carbons (Fsp3) is 0.364. The van der Waals surface area contributed by atoms with Crippen molar-refractivity contribution in [3.05, 3.63) is 59.9 Å². The van der Waals surface area contributed by atoms with Crippen LogP contribution < -0.4 is 0 Å². The number of hydrogen-bond acceptors (Lipinski definition) is 3. The molecule has 25 heavy (non-hydrogen) atoms. The van der Waals surface area contributed by atoms with E-state index in [-0.39, 0.29) is 6.10 Å². The first-order valence-corrected chi connectivity index (χ1v) is 8.90. The van der Waals surface area contributed by atoms with Crippen molar-refractivity contribution in [1.29, 1.82) is 5.26 Å². The maximum Gasteiger partial charge on any atom is 0.0998 e. The van der Waals surface area contributed by atoms with E-state index in [0.717, 1.165) is 29.7 Å². The lowest BCUT2D eigenvalue weighted by atomic mass is 9.72. The van der Waals surface area contributed by atoms with Crippen molar-refractivity contribution < 1.29 is 5.11 Å². The lowest BCUT2D eigenvalue weighted by Crippen LogP contribution is -2.31. The first-order chi connectivity index (χ1) is 12.1. The van der Waals surface area contributed by atoms with Crippen LogP contribution >= 0.6 is 0 Å². The Balaban J connectivity index is 1.76. The van der Waals surface area contributed by atoms with Crippen LogP contribution in [0.15, 0.2) is 48.7 Å². The number of nitriles is 1. The van der Waals surface area contributed by atoms with Crippen molar-refractivity contribution in [1.82, 2.24) is 4.98 Å². The summed E-state index contributed by atoms with van der Waals surface area (Å²) < 4.78 is 0. The standard InChI is InChI=1S/C22H24N2O/c1-15-11-21(25)12-17(16(15)2)7-9-20-10-8-19(14-24-20)22-6-4-3-5-18(22)13-23/h3-10,14-17,21,25H,11-12H2,1-2H3/b9-7+/t15-,16+,17+,21?/m0/s1. The van der Waals surface area contributed by atoms with E-state index < -0.39 is 0 Å². The molecule has 1 saturated carbocycles. The summed E-state index contributed by atoms with van der Waals surface area (Å²) in [5, 5.41) is 19.2. The topological polar surface area (TPSA) is 56.9 Å². The molecule has 1 aliphatic rings. The molecule has 1 aromatic carbocycles. The van der Waals surface area contributed by atoms with Crippen LogP contribution in [0.25, 0.3) is 17.2 Å². The first-order valence-electron chi connectivity index (χ1n) is 8.90. The summed E-state index contributed by atoms with van der Waals surface area (Å²) in [4.78, 5) is 4.52. The van der Waals surface area contributed by atoms with Crippen molar-refractivity contribution in [3.63, 3.8) is 0 Å². The van der Waals surface area contributed by atoms with Gasteiger partial charge in [0.1, 0.15) is 0 Å². The molecule has 0 bridgehead atoms. The van der Waals surface area contributed by atoms with Gasteiger partial charge in [0, 0.05) is 17.3 Å². The quantitative estimate of drug-likeness (QED) is 0.888. The molecule has 0 spiro atoms. The fourth-order valence-corrected chi connectivity index (χ4v) is 3.66. The number of rotatable bonds is 3. The molecule has 3 nitrogen and oxygen atoms in total. The van der Waals surface area contributed by atoms with Crippen molar-refractivity contribution in [2.24, 2.45) is 17.8 Å². The highest BCUT2D eigenvalue weighted by Crippen LogP contribution is 2.35. The molecule has 3 rings (SSSR count). The van der Waals surface area contributed by atoms with Gasteiger partial charge in [0.25, 0.3) is 0 Å². The molecule has 2 aromatic rings. The second-order valence-corrected chi connectivity index (χ2v) is 7.11. The molecule has 0 aliphatic heterocycles. The summed E-state index contributed by atoms with van der Waals surface area (Å²) in [5.74, 6) is 1.50. The predicted molar refractivity (Wildman–Crippen MR) is 100 cm³/mol. The van der Waals surface area contributed by atoms with Crippen LogP contribution in [0.2, 0.25) is 0 Å². The molecule has 4 atom stereocenters. The average Bonchev–Trinajstić information content (AvgIpc) is 2.64. The SMILES string of the molecule is C[C@H]1[C@H](/C=C/c2ccc(-c3ccccc3C#N)cn2)CC(O)C[C@@H]1C. The van der Waals surface area contributed by atoms with Gasteiger partial charge in [0.2, 0.25) is 0 Å². The minimum atomic E-state index is -0.196. The van der Waals surface area contributed by atoms with E-state index in [2.05, 4.69) is 31.0 Å². The largest absolute Gasteiger partial charge is 0.393 e. The van der Waals surface area contributed by atoms with E-state index in [9.17, 15) is 10.4 Å². The number of pyridine rings is 1. The molecule has 1 aromatic heterocycles. The Labute approximate surface area is 149 Å². The molecule has 1 aliphatic carbocycles. The first kappa shape index (κ1) is 17.4. The Morgan fingerprint density at radius 3 is 2.68 bits per heavy atom. The van der Waals surface area contributed by atoms with Gasteiger partial charge in [-0.2, -0.15) is 5.26 Å². The molecule has 1 unspecified atom stereocenters. The average molecular weight is 332 g/mol. The third kappa shape index (κ3) is 3.97. The summed E-state index contributed by atoms with van der Waals surface area (Å²) in [5.41, 5.74) is 3.42. The fourth-order valence-electron chi connectivity index (χ4n) is 3.66. The molecular weight excluding hydrogens is 308 g/mol. The third-order valence-electron chi connectivity index (χ3n) is 5.42. The van der Waals surface area contributed by atoms with Crippen LogP contribution in [0.1, 0.15) is 37.9 Å². The summed E-state index contributed by atoms with van der Waals surface area (Å²) in [6.07, 6.45) is 7.59. The Morgan fingerprint density at radius 2 is 1.96 bits per heavy atom. The van der Waals surface area contributed by atoms with Gasteiger partial charge in [-0.3, -0.25) is 4.98 Å². The number of aromatic nitrogens is 1. The molecule has 1 heterocycles. The van der Waals surface area contributed by atoms with E-state index in [0.29, 0.717) is 23.3 Å². The van der Waals surface area contributed by atoms with Crippen LogP contribution in [0.5, 0.6) is 0 Å². The van der Waals surface area contributed by atoms with Gasteiger partial charge >= 0.3 is 0 Å². The van der Waals surface area contributed by atoms with Gasteiger partial charge in [0.05, 0.1) is 23.4 Å². The molecule has 0 saturated heterocycles. The van der Waals surface area contributed by atoms with Crippen molar-refractivity contribution in [2.75, 3.05) is 0 Å². The molecule has 1 fully saturated rings. The Bertz CT molecular complexity index is 788. The van der Waals surface area contributed by atoms with E-state index >= 15 is 0 Å². The predicted octanol–water partition coefficient (Wildman–Crippen LogP) is 4.68. The van der Waals surface area contributed by atoms with Crippen LogP contribution in [0.4, 0.5) is 0 Å². The van der Waals surface area contributed by atoms with Gasteiger partial charge in [-0.1, -0.05) is 44.2 Å². The molecule has 0 radical (unpaired) electrons. The van der Waals surface area contributed by atoms with Gasteiger partial charge in [-0.15, -0.1) is 0 Å². The highest BCUT2D eigenvalue weighted by Gasteiger charge is 2.30. The Morgan fingerprint density at radius 1 is 1.16 bits per heavy atom.